The Labute approximate surface area is 116 Å². The van der Waals surface area contributed by atoms with Gasteiger partial charge in [0.15, 0.2) is 0 Å². The van der Waals surface area contributed by atoms with Crippen LogP contribution in [-0.2, 0) is 4.74 Å². The molecule has 0 saturated carbocycles. The van der Waals surface area contributed by atoms with Crippen LogP contribution in [0, 0.1) is 0 Å². The first kappa shape index (κ1) is 14.8. The van der Waals surface area contributed by atoms with Crippen LogP contribution < -0.4 is 0 Å². The Morgan fingerprint density at radius 3 is 2.56 bits per heavy atom. The molecule has 16 heavy (non-hydrogen) atoms. The SMILES string of the molecule is FC(F)(F)COCC(Br)c1cc(Br)c(Cl)s1. The molecule has 0 saturated heterocycles. The maximum absolute atomic E-state index is 11.8. The maximum Gasteiger partial charge on any atom is 0.411 e. The van der Waals surface area contributed by atoms with Gasteiger partial charge in [0.2, 0.25) is 0 Å². The fraction of sp³-hybridized carbons (Fsp3) is 0.500. The Balaban J connectivity index is 2.44. The zero-order valence-corrected chi connectivity index (χ0v) is 12.4. The highest BCUT2D eigenvalue weighted by Gasteiger charge is 2.28. The lowest BCUT2D eigenvalue weighted by molar-refractivity contribution is -0.173. The van der Waals surface area contributed by atoms with Crippen LogP contribution in [0.25, 0.3) is 0 Å². The molecule has 0 fully saturated rings. The van der Waals surface area contributed by atoms with Gasteiger partial charge in [-0.2, -0.15) is 13.2 Å². The second-order valence-corrected chi connectivity index (χ2v) is 6.51. The molecule has 0 aromatic carbocycles. The van der Waals surface area contributed by atoms with Crippen molar-refractivity contribution in [3.8, 4) is 0 Å². The van der Waals surface area contributed by atoms with Gasteiger partial charge in [0.25, 0.3) is 0 Å². The number of halogens is 6. The van der Waals surface area contributed by atoms with E-state index < -0.39 is 12.8 Å². The minimum Gasteiger partial charge on any atom is -0.370 e. The number of alkyl halides is 4. The molecular weight excluding hydrogens is 396 g/mol. The van der Waals surface area contributed by atoms with Crippen LogP contribution >= 0.6 is 54.8 Å². The molecule has 1 aromatic heterocycles. The molecular formula is C8H6Br2ClF3OS. The van der Waals surface area contributed by atoms with Gasteiger partial charge in [-0.1, -0.05) is 27.5 Å². The zero-order valence-electron chi connectivity index (χ0n) is 7.65. The van der Waals surface area contributed by atoms with Crippen LogP contribution in [0.5, 0.6) is 0 Å². The van der Waals surface area contributed by atoms with Crippen molar-refractivity contribution >= 4 is 54.8 Å². The Kier molecular flexibility index (Phi) is 5.57. The van der Waals surface area contributed by atoms with Crippen LogP contribution in [-0.4, -0.2) is 19.4 Å². The van der Waals surface area contributed by atoms with Gasteiger partial charge in [-0.05, 0) is 22.0 Å². The summed E-state index contributed by atoms with van der Waals surface area (Å²) in [6, 6.07) is 1.75. The molecule has 0 aliphatic heterocycles. The number of rotatable bonds is 4. The molecule has 1 heterocycles. The molecule has 1 aromatic rings. The first-order valence-corrected chi connectivity index (χ1v) is 6.93. The van der Waals surface area contributed by atoms with E-state index in [1.807, 2.05) is 0 Å². The van der Waals surface area contributed by atoms with Crippen molar-refractivity contribution in [2.24, 2.45) is 0 Å². The molecule has 0 spiro atoms. The van der Waals surface area contributed by atoms with Crippen LogP contribution in [0.3, 0.4) is 0 Å². The van der Waals surface area contributed by atoms with Gasteiger partial charge in [-0.3, -0.25) is 0 Å². The minimum atomic E-state index is -4.29. The van der Waals surface area contributed by atoms with E-state index in [2.05, 4.69) is 36.6 Å². The summed E-state index contributed by atoms with van der Waals surface area (Å²) >= 11 is 13.6. The summed E-state index contributed by atoms with van der Waals surface area (Å²) in [6.07, 6.45) is -4.29. The van der Waals surface area contributed by atoms with E-state index in [0.29, 0.717) is 4.34 Å². The molecule has 0 N–H and O–H groups in total. The van der Waals surface area contributed by atoms with E-state index in [-0.39, 0.29) is 11.4 Å². The van der Waals surface area contributed by atoms with Gasteiger partial charge in [0, 0.05) is 9.35 Å². The highest BCUT2D eigenvalue weighted by atomic mass is 79.9. The summed E-state index contributed by atoms with van der Waals surface area (Å²) in [5.41, 5.74) is 0. The van der Waals surface area contributed by atoms with Crippen molar-refractivity contribution in [2.75, 3.05) is 13.2 Å². The molecule has 92 valence electrons. The monoisotopic (exact) mass is 400 g/mol. The van der Waals surface area contributed by atoms with Crippen molar-refractivity contribution in [2.45, 2.75) is 11.0 Å². The van der Waals surface area contributed by atoms with Crippen molar-refractivity contribution in [1.29, 1.82) is 0 Å². The number of ether oxygens (including phenoxy) is 1. The van der Waals surface area contributed by atoms with Crippen molar-refractivity contribution in [1.82, 2.24) is 0 Å². The molecule has 1 nitrogen and oxygen atoms in total. The molecule has 1 atom stereocenters. The summed E-state index contributed by atoms with van der Waals surface area (Å²) in [5, 5.41) is 0. The lowest BCUT2D eigenvalue weighted by Gasteiger charge is -2.10. The van der Waals surface area contributed by atoms with Gasteiger partial charge < -0.3 is 4.74 Å². The molecule has 8 heteroatoms. The Hall–Kier alpha value is 0.700. The predicted molar refractivity (Wildman–Crippen MR) is 65.6 cm³/mol. The second kappa shape index (κ2) is 6.04. The molecule has 0 amide bonds. The molecule has 1 unspecified atom stereocenters. The Morgan fingerprint density at radius 2 is 2.12 bits per heavy atom. The van der Waals surface area contributed by atoms with Gasteiger partial charge in [0.1, 0.15) is 10.9 Å². The number of hydrogen-bond acceptors (Lipinski definition) is 2. The topological polar surface area (TPSA) is 9.23 Å². The third kappa shape index (κ3) is 4.91. The number of hydrogen-bond donors (Lipinski definition) is 0. The molecule has 0 aliphatic carbocycles. The zero-order chi connectivity index (χ0) is 12.3. The summed E-state index contributed by atoms with van der Waals surface area (Å²) in [4.78, 5) is 0.530. The van der Waals surface area contributed by atoms with E-state index >= 15 is 0 Å². The molecule has 0 radical (unpaired) electrons. The fourth-order valence-electron chi connectivity index (χ4n) is 0.878. The third-order valence-electron chi connectivity index (χ3n) is 1.50. The van der Waals surface area contributed by atoms with Crippen LogP contribution in [0.1, 0.15) is 9.70 Å². The summed E-state index contributed by atoms with van der Waals surface area (Å²) < 4.78 is 41.3. The average Bonchev–Trinajstić information content (AvgIpc) is 2.45. The quantitative estimate of drug-likeness (QED) is 0.631. The minimum absolute atomic E-state index is 0.0528. The van der Waals surface area contributed by atoms with E-state index in [9.17, 15) is 13.2 Å². The third-order valence-corrected chi connectivity index (χ3v) is 5.15. The van der Waals surface area contributed by atoms with Crippen LogP contribution in [0.15, 0.2) is 10.5 Å². The Morgan fingerprint density at radius 1 is 1.50 bits per heavy atom. The molecule has 1 rings (SSSR count). The highest BCUT2D eigenvalue weighted by Crippen LogP contribution is 2.38. The van der Waals surface area contributed by atoms with E-state index in [1.54, 1.807) is 6.07 Å². The summed E-state index contributed by atoms with van der Waals surface area (Å²) in [7, 11) is 0. The smallest absolute Gasteiger partial charge is 0.370 e. The van der Waals surface area contributed by atoms with Crippen molar-refractivity contribution in [3.05, 3.63) is 19.8 Å². The summed E-state index contributed by atoms with van der Waals surface area (Å²) in [5.74, 6) is 0. The first-order valence-electron chi connectivity index (χ1n) is 4.03. The number of thiophene rings is 1. The second-order valence-electron chi connectivity index (χ2n) is 2.87. The van der Waals surface area contributed by atoms with E-state index in [0.717, 1.165) is 9.35 Å². The van der Waals surface area contributed by atoms with Crippen molar-refractivity contribution < 1.29 is 17.9 Å². The van der Waals surface area contributed by atoms with Crippen LogP contribution in [0.2, 0.25) is 4.34 Å². The maximum atomic E-state index is 11.8. The largest absolute Gasteiger partial charge is 0.411 e. The van der Waals surface area contributed by atoms with Gasteiger partial charge in [0.05, 0.1) is 11.4 Å². The first-order chi connectivity index (χ1) is 7.29. The molecule has 0 aliphatic rings. The predicted octanol–water partition coefficient (Wildman–Crippen LogP) is 5.18. The fourth-order valence-corrected chi connectivity index (χ4v) is 3.18. The van der Waals surface area contributed by atoms with E-state index in [1.165, 1.54) is 11.3 Å². The lowest BCUT2D eigenvalue weighted by Crippen LogP contribution is -2.18. The lowest BCUT2D eigenvalue weighted by atomic mass is 10.4. The van der Waals surface area contributed by atoms with Gasteiger partial charge >= 0.3 is 6.18 Å². The normalized spacial score (nSPS) is 14.1. The summed E-state index contributed by atoms with van der Waals surface area (Å²) in [6.45, 7) is -1.29. The van der Waals surface area contributed by atoms with Gasteiger partial charge in [-0.25, -0.2) is 0 Å². The van der Waals surface area contributed by atoms with E-state index in [4.69, 9.17) is 11.6 Å². The van der Waals surface area contributed by atoms with Crippen molar-refractivity contribution in [3.63, 3.8) is 0 Å². The standard InChI is InChI=1S/C8H6Br2ClF3OS/c9-4-1-6(16-7(4)11)5(10)2-15-3-8(12,13)14/h1,5H,2-3H2. The average molecular weight is 402 g/mol. The van der Waals surface area contributed by atoms with Gasteiger partial charge in [-0.15, -0.1) is 11.3 Å². The Bertz CT molecular complexity index is 336. The highest BCUT2D eigenvalue weighted by molar-refractivity contribution is 9.10. The van der Waals surface area contributed by atoms with Crippen LogP contribution in [0.4, 0.5) is 13.2 Å². The molecule has 0 bridgehead atoms.